The van der Waals surface area contributed by atoms with Crippen molar-refractivity contribution < 1.29 is 9.47 Å². The molecule has 0 radical (unpaired) electrons. The van der Waals surface area contributed by atoms with Gasteiger partial charge in [-0.1, -0.05) is 0 Å². The first kappa shape index (κ1) is 15.6. The Hall–Kier alpha value is -2.34. The van der Waals surface area contributed by atoms with Gasteiger partial charge in [-0.3, -0.25) is 4.79 Å². The quantitative estimate of drug-likeness (QED) is 0.704. The number of fused-ring (bicyclic) bond motifs is 1. The van der Waals surface area contributed by atoms with Gasteiger partial charge in [0.15, 0.2) is 0 Å². The number of methoxy groups -OCH3 is 2. The summed E-state index contributed by atoms with van der Waals surface area (Å²) in [5.41, 5.74) is 1.42. The fourth-order valence-corrected chi connectivity index (χ4v) is 2.96. The molecule has 3 rings (SSSR count). The highest BCUT2D eigenvalue weighted by atomic mass is 79.9. The summed E-state index contributed by atoms with van der Waals surface area (Å²) in [6.07, 6.45) is 0. The second kappa shape index (κ2) is 6.04. The lowest BCUT2D eigenvalue weighted by Gasteiger charge is -2.12. The van der Waals surface area contributed by atoms with Gasteiger partial charge < -0.3 is 9.47 Å². The van der Waals surface area contributed by atoms with Gasteiger partial charge in [-0.05, 0) is 64.8 Å². The topological polar surface area (TPSA) is 53.4 Å². The minimum absolute atomic E-state index is 0.231. The fourth-order valence-electron chi connectivity index (χ4n) is 2.49. The summed E-state index contributed by atoms with van der Waals surface area (Å²) in [6.45, 7) is 1.95. The number of rotatable bonds is 3. The summed E-state index contributed by atoms with van der Waals surface area (Å²) < 4.78 is 12.5. The zero-order chi connectivity index (χ0) is 16.6. The Labute approximate surface area is 141 Å². The van der Waals surface area contributed by atoms with Crippen molar-refractivity contribution in [1.82, 2.24) is 9.78 Å². The standard InChI is InChI=1S/C17H15BrN2O3/c1-10-8-13-15(14(9-10)23-3)17(21)20(19-16(13)18)11-4-6-12(22-2)7-5-11/h4-9H,1-3H3. The van der Waals surface area contributed by atoms with Crippen LogP contribution in [0.15, 0.2) is 45.8 Å². The molecule has 2 aromatic carbocycles. The van der Waals surface area contributed by atoms with E-state index in [1.807, 2.05) is 19.1 Å². The normalized spacial score (nSPS) is 10.8. The highest BCUT2D eigenvalue weighted by molar-refractivity contribution is 9.10. The van der Waals surface area contributed by atoms with Crippen LogP contribution in [0.3, 0.4) is 0 Å². The molecule has 1 heterocycles. The molecule has 1 aromatic heterocycles. The smallest absolute Gasteiger partial charge is 0.283 e. The lowest BCUT2D eigenvalue weighted by atomic mass is 10.1. The maximum Gasteiger partial charge on any atom is 0.283 e. The van der Waals surface area contributed by atoms with Crippen LogP contribution in [0.5, 0.6) is 11.5 Å². The largest absolute Gasteiger partial charge is 0.497 e. The van der Waals surface area contributed by atoms with Gasteiger partial charge in [0.1, 0.15) is 16.1 Å². The van der Waals surface area contributed by atoms with Crippen molar-refractivity contribution in [3.05, 3.63) is 56.9 Å². The van der Waals surface area contributed by atoms with Gasteiger partial charge in [0.2, 0.25) is 0 Å². The zero-order valence-electron chi connectivity index (χ0n) is 13.0. The molecule has 0 aliphatic heterocycles. The summed E-state index contributed by atoms with van der Waals surface area (Å²) in [4.78, 5) is 12.9. The van der Waals surface area contributed by atoms with Gasteiger partial charge in [-0.2, -0.15) is 9.78 Å². The molecular formula is C17H15BrN2O3. The summed E-state index contributed by atoms with van der Waals surface area (Å²) in [7, 11) is 3.15. The van der Waals surface area contributed by atoms with E-state index in [1.54, 1.807) is 38.5 Å². The van der Waals surface area contributed by atoms with Crippen LogP contribution < -0.4 is 15.0 Å². The molecule has 118 valence electrons. The molecule has 0 unspecified atom stereocenters. The van der Waals surface area contributed by atoms with Crippen molar-refractivity contribution in [2.75, 3.05) is 14.2 Å². The van der Waals surface area contributed by atoms with E-state index in [2.05, 4.69) is 21.0 Å². The van der Waals surface area contributed by atoms with E-state index < -0.39 is 0 Å². The van der Waals surface area contributed by atoms with Crippen LogP contribution in [0, 0.1) is 6.92 Å². The Morgan fingerprint density at radius 1 is 1.09 bits per heavy atom. The zero-order valence-corrected chi connectivity index (χ0v) is 14.5. The van der Waals surface area contributed by atoms with Crippen LogP contribution >= 0.6 is 15.9 Å². The van der Waals surface area contributed by atoms with E-state index in [0.717, 1.165) is 16.7 Å². The molecule has 0 bridgehead atoms. The third kappa shape index (κ3) is 2.70. The van der Waals surface area contributed by atoms with E-state index >= 15 is 0 Å². The Morgan fingerprint density at radius 2 is 1.78 bits per heavy atom. The molecule has 23 heavy (non-hydrogen) atoms. The SMILES string of the molecule is COc1ccc(-n2nc(Br)c3cc(C)cc(OC)c3c2=O)cc1. The number of hydrogen-bond donors (Lipinski definition) is 0. The molecule has 0 amide bonds. The van der Waals surface area contributed by atoms with Crippen LogP contribution in [0.1, 0.15) is 5.56 Å². The lowest BCUT2D eigenvalue weighted by Crippen LogP contribution is -2.22. The fraction of sp³-hybridized carbons (Fsp3) is 0.176. The first-order valence-corrected chi connectivity index (χ1v) is 7.76. The van der Waals surface area contributed by atoms with Crippen molar-refractivity contribution in [2.45, 2.75) is 6.92 Å². The van der Waals surface area contributed by atoms with Crippen molar-refractivity contribution in [2.24, 2.45) is 0 Å². The van der Waals surface area contributed by atoms with Gasteiger partial charge in [-0.15, -0.1) is 0 Å². The predicted octanol–water partition coefficient (Wildman–Crippen LogP) is 3.47. The van der Waals surface area contributed by atoms with E-state index in [9.17, 15) is 4.79 Å². The van der Waals surface area contributed by atoms with Crippen LogP contribution in [-0.2, 0) is 0 Å². The van der Waals surface area contributed by atoms with E-state index in [-0.39, 0.29) is 5.56 Å². The average Bonchev–Trinajstić information content (AvgIpc) is 2.57. The molecule has 0 fully saturated rings. The summed E-state index contributed by atoms with van der Waals surface area (Å²) >= 11 is 3.45. The number of nitrogens with zero attached hydrogens (tertiary/aromatic N) is 2. The summed E-state index contributed by atoms with van der Waals surface area (Å²) in [5, 5.41) is 5.60. The number of aryl methyl sites for hydroxylation is 1. The minimum atomic E-state index is -0.231. The van der Waals surface area contributed by atoms with Crippen LogP contribution in [0.25, 0.3) is 16.5 Å². The molecule has 5 nitrogen and oxygen atoms in total. The first-order valence-electron chi connectivity index (χ1n) is 6.96. The van der Waals surface area contributed by atoms with Crippen molar-refractivity contribution in [1.29, 1.82) is 0 Å². The number of aromatic nitrogens is 2. The third-order valence-corrected chi connectivity index (χ3v) is 4.19. The number of benzene rings is 2. The maximum absolute atomic E-state index is 12.9. The van der Waals surface area contributed by atoms with Gasteiger partial charge >= 0.3 is 0 Å². The minimum Gasteiger partial charge on any atom is -0.497 e. The van der Waals surface area contributed by atoms with E-state index in [4.69, 9.17) is 9.47 Å². The molecule has 6 heteroatoms. The van der Waals surface area contributed by atoms with Gasteiger partial charge in [0, 0.05) is 5.39 Å². The molecule has 0 N–H and O–H groups in total. The number of halogens is 1. The van der Waals surface area contributed by atoms with Gasteiger partial charge in [0.05, 0.1) is 25.3 Å². The van der Waals surface area contributed by atoms with Gasteiger partial charge in [-0.25, -0.2) is 0 Å². The Balaban J connectivity index is 2.32. The second-order valence-electron chi connectivity index (χ2n) is 5.10. The van der Waals surface area contributed by atoms with Gasteiger partial charge in [0.25, 0.3) is 5.56 Å². The highest BCUT2D eigenvalue weighted by Gasteiger charge is 2.15. The van der Waals surface area contributed by atoms with Crippen molar-refractivity contribution in [3.63, 3.8) is 0 Å². The molecule has 3 aromatic rings. The molecule has 0 atom stereocenters. The monoisotopic (exact) mass is 374 g/mol. The van der Waals surface area contributed by atoms with E-state index in [1.165, 1.54) is 4.68 Å². The van der Waals surface area contributed by atoms with E-state index in [0.29, 0.717) is 21.4 Å². The average molecular weight is 375 g/mol. The molecule has 0 saturated carbocycles. The first-order chi connectivity index (χ1) is 11.0. The van der Waals surface area contributed by atoms with Crippen LogP contribution in [0.4, 0.5) is 0 Å². The molecular weight excluding hydrogens is 360 g/mol. The number of ether oxygens (including phenoxy) is 2. The molecule has 0 saturated heterocycles. The summed E-state index contributed by atoms with van der Waals surface area (Å²) in [6, 6.07) is 10.9. The Bertz CT molecular complexity index is 933. The van der Waals surface area contributed by atoms with Crippen molar-refractivity contribution in [3.8, 4) is 17.2 Å². The summed E-state index contributed by atoms with van der Waals surface area (Å²) in [5.74, 6) is 1.25. The Kier molecular flexibility index (Phi) is 4.09. The Morgan fingerprint density at radius 3 is 2.39 bits per heavy atom. The lowest BCUT2D eigenvalue weighted by molar-refractivity contribution is 0.414. The third-order valence-electron chi connectivity index (χ3n) is 3.60. The second-order valence-corrected chi connectivity index (χ2v) is 5.85. The van der Waals surface area contributed by atoms with Crippen molar-refractivity contribution >= 4 is 26.7 Å². The highest BCUT2D eigenvalue weighted by Crippen LogP contribution is 2.29. The van der Waals surface area contributed by atoms with Crippen LogP contribution in [-0.4, -0.2) is 24.0 Å². The number of hydrogen-bond acceptors (Lipinski definition) is 4. The predicted molar refractivity (Wildman–Crippen MR) is 92.9 cm³/mol. The molecule has 0 spiro atoms. The maximum atomic E-state index is 12.9. The molecule has 0 aliphatic rings. The van der Waals surface area contributed by atoms with Crippen LogP contribution in [0.2, 0.25) is 0 Å². The molecule has 0 aliphatic carbocycles.